The van der Waals surface area contributed by atoms with Crippen molar-refractivity contribution in [2.45, 2.75) is 52.0 Å². The van der Waals surface area contributed by atoms with Gasteiger partial charge in [0.15, 0.2) is 0 Å². The molecule has 2 heterocycles. The molecule has 1 atom stereocenters. The number of carbonyl (C=O) groups excluding carboxylic acids is 2. The fourth-order valence-corrected chi connectivity index (χ4v) is 2.80. The Balaban J connectivity index is 2.18. The van der Waals surface area contributed by atoms with Crippen molar-refractivity contribution in [3.8, 4) is 11.8 Å². The molecule has 1 amide bonds. The van der Waals surface area contributed by atoms with Gasteiger partial charge in [-0.3, -0.25) is 9.69 Å². The molecule has 1 aliphatic heterocycles. The maximum absolute atomic E-state index is 12.4. The van der Waals surface area contributed by atoms with E-state index in [1.807, 2.05) is 5.38 Å². The molecule has 1 aromatic rings. The summed E-state index contributed by atoms with van der Waals surface area (Å²) in [4.78, 5) is 26.5. The van der Waals surface area contributed by atoms with Crippen molar-refractivity contribution in [3.05, 3.63) is 22.4 Å². The van der Waals surface area contributed by atoms with Crippen LogP contribution in [0.2, 0.25) is 0 Å². The predicted octanol–water partition coefficient (Wildman–Crippen LogP) is 3.31. The largest absolute Gasteiger partial charge is 0.444 e. The molecule has 0 radical (unpaired) electrons. The summed E-state index contributed by atoms with van der Waals surface area (Å²) in [5.41, 5.74) is -1.44. The molecule has 23 heavy (non-hydrogen) atoms. The molecule has 0 spiro atoms. The Labute approximate surface area is 140 Å². The van der Waals surface area contributed by atoms with Gasteiger partial charge in [0.25, 0.3) is 0 Å². The average Bonchev–Trinajstić information content (AvgIpc) is 3.01. The van der Waals surface area contributed by atoms with E-state index in [9.17, 15) is 9.59 Å². The van der Waals surface area contributed by atoms with Gasteiger partial charge in [0, 0.05) is 0 Å². The van der Waals surface area contributed by atoms with Crippen LogP contribution in [0.15, 0.2) is 17.5 Å². The second-order valence-electron chi connectivity index (χ2n) is 6.70. The molecule has 5 nitrogen and oxygen atoms in total. The van der Waals surface area contributed by atoms with Gasteiger partial charge in [-0.15, -0.1) is 11.3 Å². The number of amides is 1. The third-order valence-corrected chi connectivity index (χ3v) is 4.04. The standard InChI is InChI=1S/C17H21NO4S/c1-16(2,3)22-15(20)18-12(11-21-17(18,4)5)8-9-13(19)14-7-6-10-23-14/h6-7,10,12H,11H2,1-5H3/t12-/m1/s1. The summed E-state index contributed by atoms with van der Waals surface area (Å²) in [6.07, 6.45) is -0.497. The highest BCUT2D eigenvalue weighted by molar-refractivity contribution is 7.12. The number of nitrogens with zero attached hydrogens (tertiary/aromatic N) is 1. The zero-order valence-corrected chi connectivity index (χ0v) is 14.8. The minimum Gasteiger partial charge on any atom is -0.444 e. The van der Waals surface area contributed by atoms with Crippen LogP contribution in [-0.4, -0.2) is 40.8 Å². The monoisotopic (exact) mass is 335 g/mol. The van der Waals surface area contributed by atoms with Crippen LogP contribution in [0.4, 0.5) is 4.79 Å². The van der Waals surface area contributed by atoms with Gasteiger partial charge in [-0.1, -0.05) is 12.0 Å². The maximum Gasteiger partial charge on any atom is 0.413 e. The fraction of sp³-hybridized carbons (Fsp3) is 0.529. The van der Waals surface area contributed by atoms with E-state index < -0.39 is 23.5 Å². The molecule has 1 aliphatic rings. The Morgan fingerprint density at radius 3 is 2.70 bits per heavy atom. The Kier molecular flexibility index (Phi) is 4.83. The molecule has 1 aromatic heterocycles. The molecule has 1 saturated heterocycles. The first-order chi connectivity index (χ1) is 10.6. The maximum atomic E-state index is 12.4. The fourth-order valence-electron chi connectivity index (χ4n) is 2.18. The summed E-state index contributed by atoms with van der Waals surface area (Å²) < 4.78 is 11.1. The highest BCUT2D eigenvalue weighted by Gasteiger charge is 2.45. The summed E-state index contributed by atoms with van der Waals surface area (Å²) in [6, 6.07) is 3.01. The van der Waals surface area contributed by atoms with E-state index >= 15 is 0 Å². The molecular formula is C17H21NO4S. The summed E-state index contributed by atoms with van der Waals surface area (Å²) in [5, 5.41) is 1.82. The topological polar surface area (TPSA) is 55.8 Å². The minimum absolute atomic E-state index is 0.247. The molecule has 2 rings (SSSR count). The number of carbonyl (C=O) groups is 2. The van der Waals surface area contributed by atoms with Gasteiger partial charge >= 0.3 is 6.09 Å². The van der Waals surface area contributed by atoms with E-state index in [1.165, 1.54) is 16.2 Å². The van der Waals surface area contributed by atoms with Crippen molar-refractivity contribution in [2.75, 3.05) is 6.61 Å². The lowest BCUT2D eigenvalue weighted by atomic mass is 10.2. The van der Waals surface area contributed by atoms with E-state index in [4.69, 9.17) is 9.47 Å². The molecule has 0 aliphatic carbocycles. The predicted molar refractivity (Wildman–Crippen MR) is 88.3 cm³/mol. The van der Waals surface area contributed by atoms with Crippen molar-refractivity contribution in [1.82, 2.24) is 4.90 Å². The smallest absolute Gasteiger partial charge is 0.413 e. The Morgan fingerprint density at radius 2 is 2.13 bits per heavy atom. The molecule has 124 valence electrons. The van der Waals surface area contributed by atoms with Crippen LogP contribution >= 0.6 is 11.3 Å². The Hall–Kier alpha value is -1.84. The molecular weight excluding hydrogens is 314 g/mol. The minimum atomic E-state index is -0.826. The van der Waals surface area contributed by atoms with Gasteiger partial charge < -0.3 is 9.47 Å². The van der Waals surface area contributed by atoms with E-state index in [1.54, 1.807) is 46.8 Å². The quantitative estimate of drug-likeness (QED) is 0.449. The average molecular weight is 335 g/mol. The van der Waals surface area contributed by atoms with Crippen molar-refractivity contribution >= 4 is 23.2 Å². The van der Waals surface area contributed by atoms with E-state index in [-0.39, 0.29) is 12.4 Å². The van der Waals surface area contributed by atoms with Crippen LogP contribution in [0.1, 0.15) is 44.3 Å². The van der Waals surface area contributed by atoms with E-state index in [0.29, 0.717) is 4.88 Å². The molecule has 1 fully saturated rings. The number of thiophene rings is 1. The van der Waals surface area contributed by atoms with Gasteiger partial charge in [-0.2, -0.15) is 0 Å². The van der Waals surface area contributed by atoms with E-state index in [0.717, 1.165) is 0 Å². The normalized spacial score (nSPS) is 19.9. The van der Waals surface area contributed by atoms with Crippen LogP contribution in [0.3, 0.4) is 0 Å². The number of hydrogen-bond acceptors (Lipinski definition) is 5. The van der Waals surface area contributed by atoms with Crippen molar-refractivity contribution in [3.63, 3.8) is 0 Å². The number of hydrogen-bond donors (Lipinski definition) is 0. The number of ketones is 1. The summed E-state index contributed by atoms with van der Waals surface area (Å²) in [6.45, 7) is 9.21. The molecule has 6 heteroatoms. The zero-order valence-electron chi connectivity index (χ0n) is 14.0. The summed E-state index contributed by atoms with van der Waals surface area (Å²) >= 11 is 1.34. The lowest BCUT2D eigenvalue weighted by molar-refractivity contribution is -0.0608. The summed E-state index contributed by atoms with van der Waals surface area (Å²) in [5.74, 6) is 5.20. The first kappa shape index (κ1) is 17.5. The van der Waals surface area contributed by atoms with Crippen LogP contribution < -0.4 is 0 Å². The lowest BCUT2D eigenvalue weighted by Gasteiger charge is -2.33. The Morgan fingerprint density at radius 1 is 1.43 bits per heavy atom. The van der Waals surface area contributed by atoms with E-state index in [2.05, 4.69) is 11.8 Å². The first-order valence-electron chi connectivity index (χ1n) is 7.36. The van der Waals surface area contributed by atoms with Gasteiger partial charge in [-0.25, -0.2) is 4.79 Å². The third-order valence-electron chi connectivity index (χ3n) is 3.17. The third kappa shape index (κ3) is 4.34. The summed E-state index contributed by atoms with van der Waals surface area (Å²) in [7, 11) is 0. The Bertz CT molecular complexity index is 646. The van der Waals surface area contributed by atoms with Crippen LogP contribution in [-0.2, 0) is 9.47 Å². The van der Waals surface area contributed by atoms with Crippen molar-refractivity contribution in [2.24, 2.45) is 0 Å². The van der Waals surface area contributed by atoms with Gasteiger partial charge in [0.2, 0.25) is 5.78 Å². The lowest BCUT2D eigenvalue weighted by Crippen LogP contribution is -2.49. The highest BCUT2D eigenvalue weighted by atomic mass is 32.1. The zero-order chi connectivity index (χ0) is 17.3. The van der Waals surface area contributed by atoms with Crippen LogP contribution in [0.25, 0.3) is 0 Å². The van der Waals surface area contributed by atoms with Gasteiger partial charge in [-0.05, 0) is 52.0 Å². The number of ether oxygens (including phenoxy) is 2. The molecule has 0 aromatic carbocycles. The van der Waals surface area contributed by atoms with Gasteiger partial charge in [0.05, 0.1) is 11.5 Å². The van der Waals surface area contributed by atoms with Crippen LogP contribution in [0.5, 0.6) is 0 Å². The molecule has 0 N–H and O–H groups in total. The van der Waals surface area contributed by atoms with Crippen LogP contribution in [0, 0.1) is 11.8 Å². The highest BCUT2D eigenvalue weighted by Crippen LogP contribution is 2.29. The second kappa shape index (κ2) is 6.34. The van der Waals surface area contributed by atoms with Gasteiger partial charge in [0.1, 0.15) is 17.4 Å². The van der Waals surface area contributed by atoms with Crippen molar-refractivity contribution < 1.29 is 19.1 Å². The first-order valence-corrected chi connectivity index (χ1v) is 8.24. The second-order valence-corrected chi connectivity index (χ2v) is 7.65. The molecule has 0 unspecified atom stereocenters. The number of Topliss-reactive ketones (excluding diaryl/α,β-unsaturated/α-hetero) is 1. The van der Waals surface area contributed by atoms with Crippen molar-refractivity contribution in [1.29, 1.82) is 0 Å². The molecule has 0 bridgehead atoms. The molecule has 0 saturated carbocycles. The number of rotatable bonds is 1. The SMILES string of the molecule is CC(C)(C)OC(=O)N1[C@H](C#CC(=O)c2cccs2)COC1(C)C.